The third kappa shape index (κ3) is 2.58. The van der Waals surface area contributed by atoms with Crippen LogP contribution in [0.15, 0.2) is 51.8 Å². The van der Waals surface area contributed by atoms with E-state index in [1.165, 1.54) is 7.11 Å². The first-order valence-electron chi connectivity index (χ1n) is 7.51. The molecule has 3 heterocycles. The molecule has 0 fully saturated rings. The molecule has 0 unspecified atom stereocenters. The fraction of sp³-hybridized carbons (Fsp3) is 0.111. The van der Waals surface area contributed by atoms with E-state index in [4.69, 9.17) is 19.0 Å². The first-order valence-corrected chi connectivity index (χ1v) is 9.35. The first-order chi connectivity index (χ1) is 12.2. The molecule has 0 aliphatic rings. The van der Waals surface area contributed by atoms with Gasteiger partial charge in [0.2, 0.25) is 0 Å². The van der Waals surface area contributed by atoms with Crippen LogP contribution in [0, 0.1) is 0 Å². The standard InChI is InChI=1S/C18H14N2O4Se/c1-22-13-6-4-3-5-11(13)20-12-9-10-25-17(12)16(19-20)14-7-8-15(24-14)18(21)23-2/h3-10H,1-2H3. The summed E-state index contributed by atoms with van der Waals surface area (Å²) in [4.78, 5) is 13.8. The second-order valence-electron chi connectivity index (χ2n) is 5.22. The Morgan fingerprint density at radius 2 is 2.00 bits per heavy atom. The van der Waals surface area contributed by atoms with Crippen molar-refractivity contribution in [3.05, 3.63) is 53.2 Å². The monoisotopic (exact) mass is 402 g/mol. The molecular weight excluding hydrogens is 387 g/mol. The molecule has 0 bridgehead atoms. The molecule has 6 nitrogen and oxygen atoms in total. The molecule has 1 aromatic carbocycles. The topological polar surface area (TPSA) is 66.5 Å². The average Bonchev–Trinajstić information content (AvgIpc) is 3.37. The number of nitrogens with zero attached hydrogens (tertiary/aromatic N) is 2. The van der Waals surface area contributed by atoms with Gasteiger partial charge in [0.15, 0.2) is 0 Å². The fourth-order valence-corrected chi connectivity index (χ4v) is 4.48. The SMILES string of the molecule is COC(=O)c1ccc(-c2nn(-c3ccccc3OC)c3cc[se]c23)o1. The predicted molar refractivity (Wildman–Crippen MR) is 93.6 cm³/mol. The summed E-state index contributed by atoms with van der Waals surface area (Å²) in [5, 5.41) is 4.73. The Kier molecular flexibility index (Phi) is 3.95. The van der Waals surface area contributed by atoms with Crippen molar-refractivity contribution in [1.29, 1.82) is 0 Å². The Labute approximate surface area is 149 Å². The van der Waals surface area contributed by atoms with Crippen molar-refractivity contribution in [3.8, 4) is 22.9 Å². The number of hydrogen-bond acceptors (Lipinski definition) is 5. The van der Waals surface area contributed by atoms with E-state index in [2.05, 4.69) is 11.0 Å². The molecule has 3 aromatic heterocycles. The van der Waals surface area contributed by atoms with Gasteiger partial charge < -0.3 is 0 Å². The van der Waals surface area contributed by atoms with Crippen LogP contribution >= 0.6 is 0 Å². The zero-order valence-electron chi connectivity index (χ0n) is 13.6. The number of rotatable bonds is 4. The van der Waals surface area contributed by atoms with E-state index in [-0.39, 0.29) is 20.3 Å². The van der Waals surface area contributed by atoms with E-state index in [9.17, 15) is 4.79 Å². The number of benzene rings is 1. The molecular formula is C18H14N2O4Se. The van der Waals surface area contributed by atoms with E-state index >= 15 is 0 Å². The van der Waals surface area contributed by atoms with Crippen LogP contribution in [0.5, 0.6) is 5.75 Å². The van der Waals surface area contributed by atoms with E-state index in [0.29, 0.717) is 5.76 Å². The minimum absolute atomic E-state index is 0.156. The molecule has 126 valence electrons. The maximum atomic E-state index is 11.6. The molecule has 0 saturated heterocycles. The Hall–Kier alpha value is -2.76. The Balaban J connectivity index is 1.89. The number of hydrogen-bond donors (Lipinski definition) is 0. The van der Waals surface area contributed by atoms with Crippen LogP contribution in [0.1, 0.15) is 10.6 Å². The van der Waals surface area contributed by atoms with Gasteiger partial charge in [-0.1, -0.05) is 0 Å². The van der Waals surface area contributed by atoms with Gasteiger partial charge >= 0.3 is 149 Å². The van der Waals surface area contributed by atoms with Crippen LogP contribution in [0.3, 0.4) is 0 Å². The van der Waals surface area contributed by atoms with Crippen LogP contribution in [0.4, 0.5) is 0 Å². The van der Waals surface area contributed by atoms with Crippen LogP contribution in [-0.4, -0.2) is 44.5 Å². The van der Waals surface area contributed by atoms with Crippen molar-refractivity contribution in [2.75, 3.05) is 14.2 Å². The van der Waals surface area contributed by atoms with Gasteiger partial charge in [-0.05, 0) is 0 Å². The predicted octanol–water partition coefficient (Wildman–Crippen LogP) is 3.14. The van der Waals surface area contributed by atoms with Gasteiger partial charge in [-0.2, -0.15) is 0 Å². The third-order valence-electron chi connectivity index (χ3n) is 3.83. The van der Waals surface area contributed by atoms with E-state index in [1.54, 1.807) is 19.2 Å². The van der Waals surface area contributed by atoms with Gasteiger partial charge in [0.1, 0.15) is 0 Å². The van der Waals surface area contributed by atoms with E-state index in [0.717, 1.165) is 26.9 Å². The number of carbonyl (C=O) groups excluding carboxylic acids is 1. The summed E-state index contributed by atoms with van der Waals surface area (Å²) in [7, 11) is 2.96. The summed E-state index contributed by atoms with van der Waals surface area (Å²) in [5.74, 6) is 0.949. The number of furan rings is 1. The zero-order valence-corrected chi connectivity index (χ0v) is 15.3. The molecule has 7 heteroatoms. The molecule has 0 amide bonds. The van der Waals surface area contributed by atoms with E-state index in [1.807, 2.05) is 28.9 Å². The molecule has 0 atom stereocenters. The zero-order chi connectivity index (χ0) is 17.4. The Morgan fingerprint density at radius 1 is 1.16 bits per heavy atom. The van der Waals surface area contributed by atoms with Crippen LogP contribution < -0.4 is 4.74 Å². The molecule has 0 aliphatic heterocycles. The average molecular weight is 401 g/mol. The molecule has 0 saturated carbocycles. The van der Waals surface area contributed by atoms with Crippen molar-refractivity contribution in [2.24, 2.45) is 0 Å². The van der Waals surface area contributed by atoms with Crippen LogP contribution in [0.2, 0.25) is 0 Å². The minimum atomic E-state index is -0.504. The normalized spacial score (nSPS) is 11.0. The molecule has 4 rings (SSSR count). The summed E-state index contributed by atoms with van der Waals surface area (Å²) in [5.41, 5.74) is 2.60. The van der Waals surface area contributed by atoms with Gasteiger partial charge in [-0.25, -0.2) is 0 Å². The number of methoxy groups -OCH3 is 2. The third-order valence-corrected chi connectivity index (χ3v) is 5.74. The van der Waals surface area contributed by atoms with Crippen molar-refractivity contribution in [2.45, 2.75) is 0 Å². The fourth-order valence-electron chi connectivity index (χ4n) is 2.67. The Bertz CT molecular complexity index is 1060. The number of fused-ring (bicyclic) bond motifs is 1. The molecule has 25 heavy (non-hydrogen) atoms. The summed E-state index contributed by atoms with van der Waals surface area (Å²) in [6.45, 7) is 0. The van der Waals surface area contributed by atoms with Gasteiger partial charge in [0.25, 0.3) is 0 Å². The van der Waals surface area contributed by atoms with E-state index < -0.39 is 5.97 Å². The number of esters is 1. The summed E-state index contributed by atoms with van der Waals surface area (Å²) in [6.07, 6.45) is 0. The quantitative estimate of drug-likeness (QED) is 0.388. The first kappa shape index (κ1) is 15.7. The van der Waals surface area contributed by atoms with Crippen molar-refractivity contribution in [3.63, 3.8) is 0 Å². The van der Waals surface area contributed by atoms with Crippen molar-refractivity contribution in [1.82, 2.24) is 9.78 Å². The molecule has 4 aromatic rings. The number of carbonyl (C=O) groups is 1. The number of aromatic nitrogens is 2. The van der Waals surface area contributed by atoms with Crippen LogP contribution in [0.25, 0.3) is 26.9 Å². The second-order valence-corrected chi connectivity index (χ2v) is 7.14. The summed E-state index contributed by atoms with van der Waals surface area (Å²) >= 11 is 0.156. The van der Waals surface area contributed by atoms with Gasteiger partial charge in [0, 0.05) is 0 Å². The summed E-state index contributed by atoms with van der Waals surface area (Å²) in [6, 6.07) is 13.1. The summed E-state index contributed by atoms with van der Waals surface area (Å²) < 4.78 is 18.8. The molecule has 0 aliphatic carbocycles. The van der Waals surface area contributed by atoms with Gasteiger partial charge in [-0.3, -0.25) is 0 Å². The van der Waals surface area contributed by atoms with Crippen LogP contribution in [-0.2, 0) is 4.74 Å². The molecule has 0 radical (unpaired) electrons. The number of ether oxygens (including phenoxy) is 2. The van der Waals surface area contributed by atoms with Gasteiger partial charge in [0.05, 0.1) is 0 Å². The maximum absolute atomic E-state index is 11.6. The van der Waals surface area contributed by atoms with Gasteiger partial charge in [-0.15, -0.1) is 0 Å². The van der Waals surface area contributed by atoms with Crippen molar-refractivity contribution >= 4 is 30.2 Å². The Morgan fingerprint density at radius 3 is 2.80 bits per heavy atom. The van der Waals surface area contributed by atoms with Crippen molar-refractivity contribution < 1.29 is 18.7 Å². The number of para-hydroxylation sites is 2. The second kappa shape index (κ2) is 6.27. The molecule has 0 spiro atoms. The molecule has 0 N–H and O–H groups in total.